The van der Waals surface area contributed by atoms with Crippen LogP contribution in [0.25, 0.3) is 0 Å². The van der Waals surface area contributed by atoms with Crippen LogP contribution in [-0.2, 0) is 17.6 Å². The Morgan fingerprint density at radius 3 is 2.46 bits per heavy atom. The number of carbonyl (C=O) groups is 1. The lowest BCUT2D eigenvalue weighted by molar-refractivity contribution is -0.133. The normalized spacial score (nSPS) is 17.8. The standard InChI is InChI=1S/C20H23FN2O/c1-2-15-3-7-17(8-4-15)19-14-22-11-12-23(19)20(24)13-16-5-9-18(21)10-6-16/h3-10,19,22H,2,11-14H2,1H3. The van der Waals surface area contributed by atoms with Crippen LogP contribution in [0, 0.1) is 5.82 Å². The third-order valence-corrected chi connectivity index (χ3v) is 4.61. The van der Waals surface area contributed by atoms with Gasteiger partial charge in [0.2, 0.25) is 5.91 Å². The molecule has 0 bridgehead atoms. The monoisotopic (exact) mass is 326 g/mol. The van der Waals surface area contributed by atoms with Gasteiger partial charge in [0, 0.05) is 19.6 Å². The van der Waals surface area contributed by atoms with Crippen LogP contribution in [0.1, 0.15) is 29.7 Å². The van der Waals surface area contributed by atoms with Crippen LogP contribution < -0.4 is 5.32 Å². The summed E-state index contributed by atoms with van der Waals surface area (Å²) in [5.41, 5.74) is 3.30. The molecule has 3 rings (SSSR count). The summed E-state index contributed by atoms with van der Waals surface area (Å²) in [6.45, 7) is 4.40. The van der Waals surface area contributed by atoms with Gasteiger partial charge in [-0.2, -0.15) is 0 Å². The van der Waals surface area contributed by atoms with E-state index in [0.717, 1.165) is 30.6 Å². The fraction of sp³-hybridized carbons (Fsp3) is 0.350. The number of carbonyl (C=O) groups excluding carboxylic acids is 1. The lowest BCUT2D eigenvalue weighted by Gasteiger charge is -2.36. The molecule has 1 fully saturated rings. The molecule has 0 aromatic heterocycles. The van der Waals surface area contributed by atoms with Crippen molar-refractivity contribution in [3.63, 3.8) is 0 Å². The highest BCUT2D eigenvalue weighted by atomic mass is 19.1. The van der Waals surface area contributed by atoms with E-state index in [1.807, 2.05) is 4.90 Å². The van der Waals surface area contributed by atoms with E-state index in [4.69, 9.17) is 0 Å². The summed E-state index contributed by atoms with van der Waals surface area (Å²) < 4.78 is 13.0. The van der Waals surface area contributed by atoms with E-state index in [9.17, 15) is 9.18 Å². The highest BCUT2D eigenvalue weighted by molar-refractivity contribution is 5.79. The maximum absolute atomic E-state index is 13.0. The lowest BCUT2D eigenvalue weighted by atomic mass is 10.00. The predicted octanol–water partition coefficient (Wildman–Crippen LogP) is 3.10. The highest BCUT2D eigenvalue weighted by Crippen LogP contribution is 2.24. The van der Waals surface area contributed by atoms with E-state index in [1.54, 1.807) is 12.1 Å². The van der Waals surface area contributed by atoms with E-state index in [-0.39, 0.29) is 17.8 Å². The molecule has 2 aromatic carbocycles. The molecular formula is C20H23FN2O. The van der Waals surface area contributed by atoms with Crippen LogP contribution in [0.5, 0.6) is 0 Å². The van der Waals surface area contributed by atoms with Gasteiger partial charge in [0.1, 0.15) is 5.82 Å². The fourth-order valence-corrected chi connectivity index (χ4v) is 3.15. The Labute approximate surface area is 142 Å². The quantitative estimate of drug-likeness (QED) is 0.936. The van der Waals surface area contributed by atoms with Crippen LogP contribution in [0.15, 0.2) is 48.5 Å². The third-order valence-electron chi connectivity index (χ3n) is 4.61. The summed E-state index contributed by atoms with van der Waals surface area (Å²) in [7, 11) is 0. The van der Waals surface area contributed by atoms with Crippen LogP contribution in [-0.4, -0.2) is 30.4 Å². The molecular weight excluding hydrogens is 303 g/mol. The molecule has 0 saturated carbocycles. The van der Waals surface area contributed by atoms with Gasteiger partial charge in [-0.25, -0.2) is 4.39 Å². The first-order valence-corrected chi connectivity index (χ1v) is 8.51. The third kappa shape index (κ3) is 3.82. The van der Waals surface area contributed by atoms with E-state index < -0.39 is 0 Å². The Balaban J connectivity index is 1.75. The Morgan fingerprint density at radius 1 is 1.12 bits per heavy atom. The van der Waals surface area contributed by atoms with E-state index in [2.05, 4.69) is 36.5 Å². The molecule has 1 saturated heterocycles. The average molecular weight is 326 g/mol. The number of piperazine rings is 1. The van der Waals surface area contributed by atoms with Crippen molar-refractivity contribution in [1.29, 1.82) is 0 Å². The molecule has 4 heteroatoms. The number of benzene rings is 2. The highest BCUT2D eigenvalue weighted by Gasteiger charge is 2.27. The van der Waals surface area contributed by atoms with E-state index >= 15 is 0 Å². The summed E-state index contributed by atoms with van der Waals surface area (Å²) in [6.07, 6.45) is 1.32. The van der Waals surface area contributed by atoms with Gasteiger partial charge in [-0.05, 0) is 35.2 Å². The Hall–Kier alpha value is -2.20. The number of rotatable bonds is 4. The number of nitrogens with one attached hydrogen (secondary N) is 1. The van der Waals surface area contributed by atoms with Crippen LogP contribution in [0.3, 0.4) is 0 Å². The molecule has 126 valence electrons. The minimum atomic E-state index is -0.276. The van der Waals surface area contributed by atoms with Crippen molar-refractivity contribution in [2.24, 2.45) is 0 Å². The smallest absolute Gasteiger partial charge is 0.227 e. The molecule has 0 aliphatic carbocycles. The largest absolute Gasteiger partial charge is 0.333 e. The van der Waals surface area contributed by atoms with Crippen molar-refractivity contribution in [1.82, 2.24) is 10.2 Å². The van der Waals surface area contributed by atoms with Gasteiger partial charge in [-0.15, -0.1) is 0 Å². The first-order valence-electron chi connectivity index (χ1n) is 8.51. The van der Waals surface area contributed by atoms with Crippen molar-refractivity contribution in [2.75, 3.05) is 19.6 Å². The number of nitrogens with zero attached hydrogens (tertiary/aromatic N) is 1. The number of amides is 1. The SMILES string of the molecule is CCc1ccc(C2CNCCN2C(=O)Cc2ccc(F)cc2)cc1. The van der Waals surface area contributed by atoms with Gasteiger partial charge in [0.15, 0.2) is 0 Å². The molecule has 1 aliphatic rings. The van der Waals surface area contributed by atoms with Crippen LogP contribution in [0.4, 0.5) is 4.39 Å². The van der Waals surface area contributed by atoms with Crippen molar-refractivity contribution in [2.45, 2.75) is 25.8 Å². The van der Waals surface area contributed by atoms with Crippen LogP contribution in [0.2, 0.25) is 0 Å². The second kappa shape index (κ2) is 7.58. The number of hydrogen-bond acceptors (Lipinski definition) is 2. The molecule has 1 atom stereocenters. The van der Waals surface area contributed by atoms with Gasteiger partial charge < -0.3 is 10.2 Å². The van der Waals surface area contributed by atoms with Gasteiger partial charge in [0.25, 0.3) is 0 Å². The molecule has 1 unspecified atom stereocenters. The first kappa shape index (κ1) is 16.7. The summed E-state index contributed by atoms with van der Waals surface area (Å²) in [5, 5.41) is 3.37. The zero-order chi connectivity index (χ0) is 16.9. The molecule has 2 aromatic rings. The van der Waals surface area contributed by atoms with Gasteiger partial charge in [-0.3, -0.25) is 4.79 Å². The predicted molar refractivity (Wildman–Crippen MR) is 93.2 cm³/mol. The molecule has 1 N–H and O–H groups in total. The lowest BCUT2D eigenvalue weighted by Crippen LogP contribution is -2.49. The van der Waals surface area contributed by atoms with E-state index in [1.165, 1.54) is 17.7 Å². The molecule has 1 amide bonds. The van der Waals surface area contributed by atoms with Crippen molar-refractivity contribution < 1.29 is 9.18 Å². The van der Waals surface area contributed by atoms with Crippen molar-refractivity contribution in [3.05, 3.63) is 71.0 Å². The molecule has 0 radical (unpaired) electrons. The van der Waals surface area contributed by atoms with Crippen molar-refractivity contribution in [3.8, 4) is 0 Å². The minimum Gasteiger partial charge on any atom is -0.333 e. The Morgan fingerprint density at radius 2 is 1.79 bits per heavy atom. The second-order valence-electron chi connectivity index (χ2n) is 6.21. The van der Waals surface area contributed by atoms with Gasteiger partial charge in [0.05, 0.1) is 12.5 Å². The molecule has 0 spiro atoms. The number of aryl methyl sites for hydroxylation is 1. The average Bonchev–Trinajstić information content (AvgIpc) is 2.63. The summed E-state index contributed by atoms with van der Waals surface area (Å²) in [4.78, 5) is 14.7. The number of halogens is 1. The van der Waals surface area contributed by atoms with E-state index in [0.29, 0.717) is 13.0 Å². The minimum absolute atomic E-state index is 0.0533. The Kier molecular flexibility index (Phi) is 5.26. The zero-order valence-corrected chi connectivity index (χ0v) is 14.0. The van der Waals surface area contributed by atoms with Crippen LogP contribution >= 0.6 is 0 Å². The van der Waals surface area contributed by atoms with Gasteiger partial charge in [-0.1, -0.05) is 43.3 Å². The topological polar surface area (TPSA) is 32.3 Å². The maximum Gasteiger partial charge on any atom is 0.227 e. The molecule has 1 aliphatic heterocycles. The fourth-order valence-electron chi connectivity index (χ4n) is 3.15. The zero-order valence-electron chi connectivity index (χ0n) is 14.0. The second-order valence-corrected chi connectivity index (χ2v) is 6.21. The summed E-state index contributed by atoms with van der Waals surface area (Å²) in [5.74, 6) is -0.185. The molecule has 1 heterocycles. The summed E-state index contributed by atoms with van der Waals surface area (Å²) in [6, 6.07) is 14.7. The molecule has 3 nitrogen and oxygen atoms in total. The Bertz CT molecular complexity index is 682. The van der Waals surface area contributed by atoms with Gasteiger partial charge >= 0.3 is 0 Å². The summed E-state index contributed by atoms with van der Waals surface area (Å²) >= 11 is 0. The first-order chi connectivity index (χ1) is 11.7. The van der Waals surface area contributed by atoms with Crippen molar-refractivity contribution >= 4 is 5.91 Å². The maximum atomic E-state index is 13.0. The molecule has 24 heavy (non-hydrogen) atoms. The number of hydrogen-bond donors (Lipinski definition) is 1.